The fraction of sp³-hybridized carbons (Fsp3) is 0.188. The first-order chi connectivity index (χ1) is 10.1. The zero-order chi connectivity index (χ0) is 15.2. The fourth-order valence-corrected chi connectivity index (χ4v) is 2.33. The second kappa shape index (κ2) is 7.32. The first-order valence-corrected chi connectivity index (χ1v) is 7.22. The van der Waals surface area contributed by atoms with Crippen molar-refractivity contribution in [3.8, 4) is 6.07 Å². The van der Waals surface area contributed by atoms with E-state index in [2.05, 4.69) is 21.2 Å². The molecule has 0 aromatic heterocycles. The maximum atomic E-state index is 13.5. The lowest BCUT2D eigenvalue weighted by molar-refractivity contribution is 0.174. The first-order valence-electron chi connectivity index (χ1n) is 6.43. The number of rotatable bonds is 5. The molecule has 0 saturated carbocycles. The monoisotopic (exact) mass is 348 g/mol. The summed E-state index contributed by atoms with van der Waals surface area (Å²) in [7, 11) is 0. The quantitative estimate of drug-likeness (QED) is 0.871. The van der Waals surface area contributed by atoms with Gasteiger partial charge < -0.3 is 10.4 Å². The van der Waals surface area contributed by atoms with E-state index >= 15 is 0 Å². The molecule has 0 bridgehead atoms. The molecule has 1 atom stereocenters. The molecule has 2 aromatic carbocycles. The van der Waals surface area contributed by atoms with E-state index < -0.39 is 6.10 Å². The Balaban J connectivity index is 1.90. The molecule has 1 unspecified atom stereocenters. The van der Waals surface area contributed by atoms with Gasteiger partial charge in [0.2, 0.25) is 0 Å². The van der Waals surface area contributed by atoms with Crippen molar-refractivity contribution in [1.82, 2.24) is 5.32 Å². The molecule has 0 aliphatic carbocycles. The minimum atomic E-state index is -0.701. The largest absolute Gasteiger partial charge is 0.387 e. The van der Waals surface area contributed by atoms with E-state index in [0.717, 1.165) is 10.0 Å². The van der Waals surface area contributed by atoms with Crippen molar-refractivity contribution >= 4 is 15.9 Å². The van der Waals surface area contributed by atoms with Crippen LogP contribution in [0.2, 0.25) is 0 Å². The van der Waals surface area contributed by atoms with Crippen LogP contribution in [0, 0.1) is 17.1 Å². The molecule has 2 N–H and O–H groups in total. The number of hydrogen-bond acceptors (Lipinski definition) is 3. The van der Waals surface area contributed by atoms with Crippen molar-refractivity contribution in [1.29, 1.82) is 5.26 Å². The minimum absolute atomic E-state index is 0.279. The van der Waals surface area contributed by atoms with E-state index in [1.165, 1.54) is 6.07 Å². The summed E-state index contributed by atoms with van der Waals surface area (Å²) in [6.45, 7) is 0.635. The van der Waals surface area contributed by atoms with E-state index in [-0.39, 0.29) is 5.82 Å². The summed E-state index contributed by atoms with van der Waals surface area (Å²) in [5.74, 6) is -0.279. The third kappa shape index (κ3) is 4.36. The Morgan fingerprint density at radius 2 is 1.95 bits per heavy atom. The van der Waals surface area contributed by atoms with Crippen molar-refractivity contribution in [3.05, 3.63) is 69.4 Å². The topological polar surface area (TPSA) is 56.0 Å². The lowest BCUT2D eigenvalue weighted by Gasteiger charge is -2.13. The van der Waals surface area contributed by atoms with Crippen LogP contribution in [0.25, 0.3) is 0 Å². The summed E-state index contributed by atoms with van der Waals surface area (Å²) >= 11 is 3.30. The van der Waals surface area contributed by atoms with Crippen LogP contribution in [0.3, 0.4) is 0 Å². The van der Waals surface area contributed by atoms with Gasteiger partial charge in [-0.05, 0) is 35.9 Å². The summed E-state index contributed by atoms with van der Waals surface area (Å²) in [6.07, 6.45) is -0.701. The number of hydrogen-bond donors (Lipinski definition) is 2. The number of benzene rings is 2. The highest BCUT2D eigenvalue weighted by atomic mass is 79.9. The second-order valence-corrected chi connectivity index (χ2v) is 5.53. The van der Waals surface area contributed by atoms with E-state index in [1.54, 1.807) is 36.4 Å². The van der Waals surface area contributed by atoms with Gasteiger partial charge in [-0.1, -0.05) is 28.1 Å². The van der Waals surface area contributed by atoms with Gasteiger partial charge >= 0.3 is 0 Å². The Bertz CT molecular complexity index is 652. The van der Waals surface area contributed by atoms with Crippen LogP contribution in [0.5, 0.6) is 0 Å². The number of aliphatic hydroxyl groups is 1. The normalized spacial score (nSPS) is 11.9. The number of nitriles is 1. The van der Waals surface area contributed by atoms with E-state index in [9.17, 15) is 9.50 Å². The number of nitrogens with one attached hydrogen (secondary N) is 1. The Kier molecular flexibility index (Phi) is 5.45. The van der Waals surface area contributed by atoms with Crippen molar-refractivity contribution in [2.45, 2.75) is 12.6 Å². The molecule has 2 aromatic rings. The van der Waals surface area contributed by atoms with Gasteiger partial charge in [0.05, 0.1) is 17.7 Å². The number of nitrogens with zero attached hydrogens (tertiary/aromatic N) is 1. The predicted octanol–water partition coefficient (Wildman–Crippen LogP) is 3.28. The highest BCUT2D eigenvalue weighted by Crippen LogP contribution is 2.16. The van der Waals surface area contributed by atoms with Crippen LogP contribution >= 0.6 is 15.9 Å². The smallest absolute Gasteiger partial charge is 0.127 e. The molecule has 0 heterocycles. The Hall–Kier alpha value is -1.74. The molecular weight excluding hydrogens is 335 g/mol. The maximum absolute atomic E-state index is 13.5. The van der Waals surface area contributed by atoms with Gasteiger partial charge in [0.1, 0.15) is 5.82 Å². The zero-order valence-corrected chi connectivity index (χ0v) is 12.8. The molecule has 108 valence electrons. The first kappa shape index (κ1) is 15.6. The zero-order valence-electron chi connectivity index (χ0n) is 11.2. The van der Waals surface area contributed by atoms with Crippen LogP contribution < -0.4 is 5.32 Å². The van der Waals surface area contributed by atoms with Gasteiger partial charge in [0, 0.05) is 23.1 Å². The average Bonchev–Trinajstić information content (AvgIpc) is 2.50. The van der Waals surface area contributed by atoms with Gasteiger partial charge in [-0.15, -0.1) is 0 Å². The van der Waals surface area contributed by atoms with Gasteiger partial charge in [-0.2, -0.15) is 5.26 Å². The second-order valence-electron chi connectivity index (χ2n) is 4.62. The van der Waals surface area contributed by atoms with E-state index in [4.69, 9.17) is 5.26 Å². The van der Waals surface area contributed by atoms with Crippen LogP contribution in [0.4, 0.5) is 4.39 Å². The predicted molar refractivity (Wildman–Crippen MR) is 81.9 cm³/mol. The summed E-state index contributed by atoms with van der Waals surface area (Å²) in [5, 5.41) is 21.8. The summed E-state index contributed by atoms with van der Waals surface area (Å²) in [4.78, 5) is 0. The molecule has 2 rings (SSSR count). The Morgan fingerprint density at radius 1 is 1.24 bits per heavy atom. The number of halogens is 2. The Labute approximate surface area is 131 Å². The summed E-state index contributed by atoms with van der Waals surface area (Å²) < 4.78 is 14.4. The summed E-state index contributed by atoms with van der Waals surface area (Å²) in [6, 6.07) is 13.5. The van der Waals surface area contributed by atoms with Crippen LogP contribution in [0.1, 0.15) is 22.8 Å². The van der Waals surface area contributed by atoms with E-state index in [0.29, 0.717) is 24.2 Å². The van der Waals surface area contributed by atoms with Crippen molar-refractivity contribution in [2.24, 2.45) is 0 Å². The van der Waals surface area contributed by atoms with Gasteiger partial charge in [-0.25, -0.2) is 4.39 Å². The average molecular weight is 349 g/mol. The maximum Gasteiger partial charge on any atom is 0.127 e. The SMILES string of the molecule is N#Cc1ccc(C(O)CNCc2cc(Br)ccc2F)cc1. The minimum Gasteiger partial charge on any atom is -0.387 e. The molecule has 5 heteroatoms. The molecule has 0 aliphatic rings. The molecule has 0 saturated heterocycles. The van der Waals surface area contributed by atoms with Crippen LogP contribution in [-0.2, 0) is 6.54 Å². The van der Waals surface area contributed by atoms with E-state index in [1.807, 2.05) is 6.07 Å². The highest BCUT2D eigenvalue weighted by Gasteiger charge is 2.08. The fourth-order valence-electron chi connectivity index (χ4n) is 1.92. The molecule has 0 amide bonds. The highest BCUT2D eigenvalue weighted by molar-refractivity contribution is 9.10. The lowest BCUT2D eigenvalue weighted by atomic mass is 10.1. The van der Waals surface area contributed by atoms with Crippen molar-refractivity contribution in [2.75, 3.05) is 6.54 Å². The van der Waals surface area contributed by atoms with Gasteiger partial charge in [0.15, 0.2) is 0 Å². The van der Waals surface area contributed by atoms with Crippen molar-refractivity contribution < 1.29 is 9.50 Å². The van der Waals surface area contributed by atoms with Gasteiger partial charge in [-0.3, -0.25) is 0 Å². The third-order valence-corrected chi connectivity index (χ3v) is 3.58. The molecule has 3 nitrogen and oxygen atoms in total. The third-order valence-electron chi connectivity index (χ3n) is 3.09. The van der Waals surface area contributed by atoms with Gasteiger partial charge in [0.25, 0.3) is 0 Å². The molecule has 0 radical (unpaired) electrons. The number of aliphatic hydroxyl groups excluding tert-OH is 1. The van der Waals surface area contributed by atoms with Crippen molar-refractivity contribution in [3.63, 3.8) is 0 Å². The van der Waals surface area contributed by atoms with Crippen LogP contribution in [-0.4, -0.2) is 11.7 Å². The lowest BCUT2D eigenvalue weighted by Crippen LogP contribution is -2.21. The molecule has 0 fully saturated rings. The standard InChI is InChI=1S/C16H14BrFN2O/c17-14-5-6-15(18)13(7-14)9-20-10-16(21)12-3-1-11(8-19)2-4-12/h1-7,16,20-21H,9-10H2. The Morgan fingerprint density at radius 3 is 2.62 bits per heavy atom. The summed E-state index contributed by atoms with van der Waals surface area (Å²) in [5.41, 5.74) is 1.81. The molecule has 0 aliphatic heterocycles. The molecular formula is C16H14BrFN2O. The molecule has 21 heavy (non-hydrogen) atoms. The molecule has 0 spiro atoms. The van der Waals surface area contributed by atoms with Crippen LogP contribution in [0.15, 0.2) is 46.9 Å².